The molecule has 93 heavy (non-hydrogen) atoms. The summed E-state index contributed by atoms with van der Waals surface area (Å²) < 4.78 is 14.0. The number of rotatable bonds is 35. The minimum atomic E-state index is -0.502. The number of esters is 3. The summed E-state index contributed by atoms with van der Waals surface area (Å²) in [6.45, 7) is 23.5. The zero-order valence-electron chi connectivity index (χ0n) is 58.1. The molecule has 0 bridgehead atoms. The van der Waals surface area contributed by atoms with Gasteiger partial charge in [0, 0.05) is 72.8 Å². The first-order chi connectivity index (χ1) is 43.5. The van der Waals surface area contributed by atoms with Crippen molar-refractivity contribution in [3.05, 3.63) is 58.9 Å². The predicted octanol–water partition coefficient (Wildman–Crippen LogP) is 13.9. The molecule has 0 aromatic heterocycles. The second-order valence-electron chi connectivity index (χ2n) is 27.8. The Hall–Kier alpha value is -4.75. The number of allylic oxidation sites excluding steroid dienone is 7. The van der Waals surface area contributed by atoms with E-state index in [1.54, 1.807) is 18.2 Å². The van der Waals surface area contributed by atoms with E-state index in [9.17, 15) is 47.9 Å². The van der Waals surface area contributed by atoms with Crippen LogP contribution < -0.4 is 26.6 Å². The number of ether oxygens (including phenoxy) is 3. The first-order valence-corrected chi connectivity index (χ1v) is 35.3. The van der Waals surface area contributed by atoms with Crippen LogP contribution in [0.5, 0.6) is 0 Å². The lowest BCUT2D eigenvalue weighted by atomic mass is 10.1. The van der Waals surface area contributed by atoms with Crippen molar-refractivity contribution < 1.29 is 62.2 Å². The Morgan fingerprint density at radius 1 is 0.312 bits per heavy atom. The molecule has 5 aliphatic rings. The van der Waals surface area contributed by atoms with Crippen molar-refractivity contribution in [1.29, 1.82) is 0 Å². The average molecular weight is 1410 g/mol. The van der Waals surface area contributed by atoms with Crippen molar-refractivity contribution in [3.63, 3.8) is 0 Å². The van der Waals surface area contributed by atoms with Crippen molar-refractivity contribution in [2.75, 3.05) is 50.7 Å². The number of unbranched alkanes of at least 4 members (excludes halogenated alkanes) is 10. The van der Waals surface area contributed by atoms with Gasteiger partial charge >= 0.3 is 17.9 Å². The number of nitrogens with one attached hydrogen (secondary N) is 5. The van der Waals surface area contributed by atoms with Crippen LogP contribution in [0, 0.1) is 56.7 Å². The maximum Gasteiger partial charge on any atom is 0.354 e. The molecular weight excluding hydrogens is 1300 g/mol. The van der Waals surface area contributed by atoms with Gasteiger partial charge in [-0.1, -0.05) is 99.6 Å². The molecule has 528 valence electrons. The van der Waals surface area contributed by atoms with Gasteiger partial charge in [0.2, 0.25) is 29.5 Å². The number of ketones is 2. The van der Waals surface area contributed by atoms with Crippen LogP contribution in [0.2, 0.25) is 0 Å². The highest BCUT2D eigenvalue weighted by atomic mass is 35.5. The SMILES string of the molecule is CC(=O)/C(=C/CCCCCl)NC(=O)[C@H]1CC1(C)C.CC(=O)/C(=C\CCCCCl)NC(=O)[C@H]1CC1(C)C.COC(=O)/C(=C/CCCCCl)NC(=O)[C@H]1CC1(C)C.COC(=O)/C(=C/CCCCCl)NC(=O)[C@H]1CC1(C)C.COC(=O)/C(=C\CCCCCl)NC(=O)[C@H]1CC1(C)C. The fourth-order valence-electron chi connectivity index (χ4n) is 9.55. The van der Waals surface area contributed by atoms with E-state index in [2.05, 4.69) is 68.5 Å². The van der Waals surface area contributed by atoms with E-state index in [-0.39, 0.29) is 115 Å². The number of carbonyl (C=O) groups excluding carboxylic acids is 10. The van der Waals surface area contributed by atoms with Crippen LogP contribution >= 0.6 is 58.0 Å². The molecule has 5 saturated carbocycles. The molecule has 0 saturated heterocycles. The molecule has 0 radical (unpaired) electrons. The molecule has 23 heteroatoms. The van der Waals surface area contributed by atoms with Crippen LogP contribution in [-0.2, 0) is 62.2 Å². The lowest BCUT2D eigenvalue weighted by Crippen LogP contribution is -2.30. The zero-order chi connectivity index (χ0) is 70.9. The highest BCUT2D eigenvalue weighted by molar-refractivity contribution is 6.18. The van der Waals surface area contributed by atoms with Crippen LogP contribution in [0.15, 0.2) is 58.9 Å². The second kappa shape index (κ2) is 42.7. The molecule has 0 aromatic rings. The summed E-state index contributed by atoms with van der Waals surface area (Å²) in [6, 6.07) is 0. The van der Waals surface area contributed by atoms with Gasteiger partial charge in [-0.2, -0.15) is 0 Å². The van der Waals surface area contributed by atoms with Crippen molar-refractivity contribution in [1.82, 2.24) is 26.6 Å². The molecule has 5 atom stereocenters. The molecule has 18 nitrogen and oxygen atoms in total. The number of hydrogen-bond acceptors (Lipinski definition) is 13. The van der Waals surface area contributed by atoms with E-state index in [1.165, 1.54) is 35.2 Å². The first kappa shape index (κ1) is 86.3. The third-order valence-electron chi connectivity index (χ3n) is 17.1. The van der Waals surface area contributed by atoms with Gasteiger partial charge < -0.3 is 40.8 Å². The van der Waals surface area contributed by atoms with E-state index in [0.717, 1.165) is 109 Å². The normalized spacial score (nSPS) is 21.1. The minimum absolute atomic E-state index is 0.0107. The summed E-state index contributed by atoms with van der Waals surface area (Å²) in [6.07, 6.45) is 25.8. The van der Waals surface area contributed by atoms with Gasteiger partial charge in [-0.05, 0) is 155 Å². The van der Waals surface area contributed by atoms with Gasteiger partial charge in [-0.15, -0.1) is 58.0 Å². The average Bonchev–Trinajstić information content (AvgIpc) is 1.67. The molecule has 0 spiro atoms. The highest BCUT2D eigenvalue weighted by Crippen LogP contribution is 2.54. The molecular formula is C70H110Cl5N5O13. The summed E-state index contributed by atoms with van der Waals surface area (Å²) in [5.41, 5.74) is 1.89. The van der Waals surface area contributed by atoms with E-state index in [1.807, 2.05) is 53.7 Å². The van der Waals surface area contributed by atoms with Crippen LogP contribution in [0.4, 0.5) is 0 Å². The van der Waals surface area contributed by atoms with Gasteiger partial charge in [-0.25, -0.2) is 14.4 Å². The molecule has 5 aliphatic carbocycles. The van der Waals surface area contributed by atoms with E-state index in [4.69, 9.17) is 58.0 Å². The third kappa shape index (κ3) is 34.2. The standard InChI is InChI=1S/3C14H22ClNO3.2C14H22ClNO2/c3*1-14(2)9-10(14)12(17)16-11(13(18)19-3)7-5-4-6-8-15;2*1-10(17)12(7-5-4-6-8-15)16-13(18)11-9-14(11,2)3/h3*7,10H,4-6,8-9H2,1-3H3,(H,16,17);2*7,11H,4-6,8-9H2,1-3H3,(H,16,18)/b11-7+;2*11-7-;12-7+;12-7-/t3*10-;2*11-/m11111/s1. The van der Waals surface area contributed by atoms with Gasteiger partial charge in [0.1, 0.15) is 17.1 Å². The minimum Gasteiger partial charge on any atom is -0.464 e. The van der Waals surface area contributed by atoms with Crippen LogP contribution in [-0.4, -0.2) is 110 Å². The summed E-state index contributed by atoms with van der Waals surface area (Å²) in [7, 11) is 3.92. The Kier molecular flexibility index (Phi) is 39.6. The molecule has 5 amide bonds. The fraction of sp³-hybridized carbons (Fsp3) is 0.714. The highest BCUT2D eigenvalue weighted by Gasteiger charge is 2.54. The van der Waals surface area contributed by atoms with E-state index in [0.29, 0.717) is 60.1 Å². The first-order valence-electron chi connectivity index (χ1n) is 32.6. The topological polar surface area (TPSA) is 259 Å². The molecule has 5 rings (SSSR count). The van der Waals surface area contributed by atoms with E-state index < -0.39 is 17.9 Å². The monoisotopic (exact) mass is 1400 g/mol. The number of methoxy groups -OCH3 is 3. The summed E-state index contributed by atoms with van der Waals surface area (Å²) in [5.74, 6) is 1.08. The quantitative estimate of drug-likeness (QED) is 0.0130. The van der Waals surface area contributed by atoms with Gasteiger partial charge in [0.05, 0.1) is 32.7 Å². The number of hydrogen-bond donors (Lipinski definition) is 5. The number of carbonyl (C=O) groups is 10. The number of halogens is 5. The Balaban J connectivity index is 0.000000581. The van der Waals surface area contributed by atoms with Gasteiger partial charge in [-0.3, -0.25) is 33.6 Å². The summed E-state index contributed by atoms with van der Waals surface area (Å²) >= 11 is 27.9. The lowest BCUT2D eigenvalue weighted by Gasteiger charge is -2.09. The zero-order valence-corrected chi connectivity index (χ0v) is 61.9. The second-order valence-corrected chi connectivity index (χ2v) is 29.7. The van der Waals surface area contributed by atoms with Crippen molar-refractivity contribution >= 4 is 117 Å². The number of alkyl halides is 5. The Bertz CT molecular complexity index is 2440. The van der Waals surface area contributed by atoms with Crippen molar-refractivity contribution in [2.24, 2.45) is 56.7 Å². The summed E-state index contributed by atoms with van der Waals surface area (Å²) in [4.78, 5) is 117. The molecule has 0 unspecified atom stereocenters. The molecule has 0 heterocycles. The van der Waals surface area contributed by atoms with Gasteiger partial charge in [0.15, 0.2) is 11.6 Å². The Labute approximate surface area is 580 Å². The van der Waals surface area contributed by atoms with Crippen LogP contribution in [0.3, 0.4) is 0 Å². The maximum atomic E-state index is 12.0. The Morgan fingerprint density at radius 3 is 0.591 bits per heavy atom. The van der Waals surface area contributed by atoms with Gasteiger partial charge in [0.25, 0.3) is 0 Å². The number of Topliss-reactive ketones (excluding diaryl/α,β-unsaturated/α-hetero) is 2. The predicted molar refractivity (Wildman–Crippen MR) is 371 cm³/mol. The molecule has 5 fully saturated rings. The Morgan fingerprint density at radius 2 is 0.462 bits per heavy atom. The fourth-order valence-corrected chi connectivity index (χ4v) is 10.5. The largest absolute Gasteiger partial charge is 0.464 e. The molecule has 0 aromatic carbocycles. The third-order valence-corrected chi connectivity index (χ3v) is 18.4. The molecule has 5 N–H and O–H groups in total. The smallest absolute Gasteiger partial charge is 0.354 e. The van der Waals surface area contributed by atoms with Crippen LogP contribution in [0.1, 0.15) is 212 Å². The molecule has 0 aliphatic heterocycles. The van der Waals surface area contributed by atoms with Crippen LogP contribution in [0.25, 0.3) is 0 Å². The number of amides is 5. The maximum absolute atomic E-state index is 12.0. The summed E-state index contributed by atoms with van der Waals surface area (Å²) in [5, 5.41) is 13.5. The lowest BCUT2D eigenvalue weighted by molar-refractivity contribution is -0.138. The van der Waals surface area contributed by atoms with Crippen molar-refractivity contribution in [2.45, 2.75) is 212 Å². The van der Waals surface area contributed by atoms with Crippen molar-refractivity contribution in [3.8, 4) is 0 Å². The van der Waals surface area contributed by atoms with E-state index >= 15 is 0 Å².